The number of benzene rings is 2. The number of urea groups is 1. The molecule has 49 heavy (non-hydrogen) atoms. The molecule has 0 radical (unpaired) electrons. The zero-order valence-corrected chi connectivity index (χ0v) is 29.9. The molecule has 0 aromatic heterocycles. The van der Waals surface area contributed by atoms with Gasteiger partial charge < -0.3 is 24.0 Å². The average Bonchev–Trinajstić information content (AvgIpc) is 3.08. The number of methoxy groups -OCH3 is 1. The maximum absolute atomic E-state index is 14.5. The highest BCUT2D eigenvalue weighted by Gasteiger charge is 2.46. The van der Waals surface area contributed by atoms with Crippen molar-refractivity contribution in [2.24, 2.45) is 22.1 Å². The number of amides is 3. The lowest BCUT2D eigenvalue weighted by Crippen LogP contribution is -2.68. The molecule has 5 aliphatic rings. The number of allylic oxidation sites excluding steroid dienone is 1. The summed E-state index contributed by atoms with van der Waals surface area (Å²) in [5.41, 5.74) is 3.50. The van der Waals surface area contributed by atoms with Crippen molar-refractivity contribution in [1.82, 2.24) is 9.62 Å². The molecular formula is C37H47ClN4O6S. The van der Waals surface area contributed by atoms with E-state index >= 15 is 0 Å². The van der Waals surface area contributed by atoms with Crippen molar-refractivity contribution in [1.29, 1.82) is 0 Å². The number of fused-ring (bicyclic) bond motifs is 5. The first-order valence-corrected chi connectivity index (χ1v) is 19.7. The number of nitrogens with zero attached hydrogens (tertiary/aromatic N) is 3. The summed E-state index contributed by atoms with van der Waals surface area (Å²) in [7, 11) is -1.72. The SMILES string of the molecule is CO[C@H]1/C=C/C[C@H](C)CS(=O)(NC(=O)N2C3COCC2C3)=NC(=O)c2ccc3c(c2)N(Cc2ccc(Cl)cc2CCCCO3)C[C@@H]2CC[C@H]21. The van der Waals surface area contributed by atoms with Crippen molar-refractivity contribution in [3.05, 3.63) is 70.3 Å². The van der Waals surface area contributed by atoms with E-state index in [1.165, 1.54) is 11.1 Å². The molecular weight excluding hydrogens is 664 g/mol. The summed E-state index contributed by atoms with van der Waals surface area (Å²) < 4.78 is 39.5. The lowest BCUT2D eigenvalue weighted by atomic mass is 9.70. The Morgan fingerprint density at radius 1 is 1.10 bits per heavy atom. The van der Waals surface area contributed by atoms with E-state index in [9.17, 15) is 13.8 Å². The molecule has 1 N–H and O–H groups in total. The van der Waals surface area contributed by atoms with Gasteiger partial charge in [0.2, 0.25) is 0 Å². The van der Waals surface area contributed by atoms with Crippen LogP contribution in [0, 0.1) is 17.8 Å². The highest BCUT2D eigenvalue weighted by molar-refractivity contribution is 7.92. The van der Waals surface area contributed by atoms with Crippen molar-refractivity contribution in [2.45, 2.75) is 76.6 Å². The minimum Gasteiger partial charge on any atom is -0.491 e. The molecule has 2 saturated heterocycles. The Morgan fingerprint density at radius 2 is 1.94 bits per heavy atom. The fraction of sp³-hybridized carbons (Fsp3) is 0.568. The molecule has 7 rings (SSSR count). The number of carbonyl (C=O) groups is 2. The average molecular weight is 711 g/mol. The summed E-state index contributed by atoms with van der Waals surface area (Å²) in [6.07, 6.45) is 10.5. The second-order valence-corrected chi connectivity index (χ2v) is 16.8. The number of hydrogen-bond donors (Lipinski definition) is 1. The smallest absolute Gasteiger partial charge is 0.330 e. The zero-order chi connectivity index (χ0) is 34.1. The van der Waals surface area contributed by atoms with Gasteiger partial charge in [-0.05, 0) is 104 Å². The van der Waals surface area contributed by atoms with Crippen LogP contribution in [0.5, 0.6) is 5.75 Å². The van der Waals surface area contributed by atoms with Crippen LogP contribution in [-0.2, 0) is 32.4 Å². The van der Waals surface area contributed by atoms with E-state index in [0.717, 1.165) is 55.8 Å². The molecule has 2 aromatic carbocycles. The monoisotopic (exact) mass is 710 g/mol. The summed E-state index contributed by atoms with van der Waals surface area (Å²) >= 11 is 6.46. The molecule has 0 spiro atoms. The number of carbonyl (C=O) groups excluding carboxylic acids is 2. The maximum Gasteiger partial charge on any atom is 0.330 e. The van der Waals surface area contributed by atoms with E-state index in [1.807, 2.05) is 25.1 Å². The Balaban J connectivity index is 1.29. The normalized spacial score (nSPS) is 32.4. The second kappa shape index (κ2) is 14.6. The van der Waals surface area contributed by atoms with Crippen LogP contribution in [-0.4, -0.2) is 78.5 Å². The number of hydrogen-bond acceptors (Lipinski definition) is 7. The van der Waals surface area contributed by atoms with Crippen molar-refractivity contribution in [3.8, 4) is 5.75 Å². The van der Waals surface area contributed by atoms with E-state index in [4.69, 9.17) is 25.8 Å². The molecule has 12 heteroatoms. The standard InChI is InChI=1S/C37H47ClN4O6S/c1-24-6-5-8-34(46-2)32-13-10-28(32)20-41-19-27-9-12-29(38)16-25(27)7-3-4-15-48-35-14-11-26(17-33(35)41)36(43)39-49(45,23-24)40-37(44)42-30-18-31(42)22-47-21-30/h5,8-9,11-12,14,16-17,24,28,30-32,34H,3-4,6-7,10,13,15,18-23H2,1-2H3,(H,39,40,43,44,45)/b8-5+/t24-,28-,30?,31?,32+,34-,49?/m0/s1. The van der Waals surface area contributed by atoms with Gasteiger partial charge in [0, 0.05) is 30.8 Å². The Kier molecular flexibility index (Phi) is 10.2. The molecule has 7 atom stereocenters. The number of nitrogens with one attached hydrogen (secondary N) is 1. The summed E-state index contributed by atoms with van der Waals surface area (Å²) in [5, 5.41) is 0.720. The van der Waals surface area contributed by atoms with Gasteiger partial charge in [0.1, 0.15) is 15.7 Å². The van der Waals surface area contributed by atoms with Gasteiger partial charge >= 0.3 is 6.03 Å². The first-order chi connectivity index (χ1) is 23.7. The van der Waals surface area contributed by atoms with Crippen LogP contribution in [0.15, 0.2) is 52.9 Å². The van der Waals surface area contributed by atoms with Gasteiger partial charge in [-0.3, -0.25) is 9.52 Å². The Labute approximate surface area is 294 Å². The third kappa shape index (κ3) is 7.50. The van der Waals surface area contributed by atoms with Gasteiger partial charge in [-0.25, -0.2) is 9.00 Å². The van der Waals surface area contributed by atoms with Crippen LogP contribution < -0.4 is 14.4 Å². The van der Waals surface area contributed by atoms with Gasteiger partial charge in [-0.2, -0.15) is 0 Å². The third-order valence-corrected chi connectivity index (χ3v) is 13.0. The van der Waals surface area contributed by atoms with Crippen LogP contribution in [0.3, 0.4) is 0 Å². The largest absolute Gasteiger partial charge is 0.491 e. The van der Waals surface area contributed by atoms with Gasteiger partial charge in [0.15, 0.2) is 0 Å². The zero-order valence-electron chi connectivity index (χ0n) is 28.4. The summed E-state index contributed by atoms with van der Waals surface area (Å²) in [6.45, 7) is 4.78. The van der Waals surface area contributed by atoms with Crippen molar-refractivity contribution >= 4 is 39.1 Å². The van der Waals surface area contributed by atoms with E-state index in [-0.39, 0.29) is 29.9 Å². The highest BCUT2D eigenvalue weighted by Crippen LogP contribution is 2.42. The molecule has 264 valence electrons. The van der Waals surface area contributed by atoms with E-state index in [1.54, 1.807) is 18.1 Å². The van der Waals surface area contributed by atoms with Crippen LogP contribution >= 0.6 is 11.6 Å². The second-order valence-electron chi connectivity index (χ2n) is 14.4. The minimum absolute atomic E-state index is 0.0394. The summed E-state index contributed by atoms with van der Waals surface area (Å²) in [4.78, 5) is 31.5. The van der Waals surface area contributed by atoms with Crippen molar-refractivity contribution in [3.63, 3.8) is 0 Å². The van der Waals surface area contributed by atoms with Gasteiger partial charge in [0.25, 0.3) is 5.91 Å². The van der Waals surface area contributed by atoms with E-state index in [0.29, 0.717) is 55.9 Å². The van der Waals surface area contributed by atoms with Gasteiger partial charge in [0.05, 0.1) is 49.4 Å². The van der Waals surface area contributed by atoms with Crippen LogP contribution in [0.1, 0.15) is 66.9 Å². The molecule has 4 bridgehead atoms. The Bertz CT molecular complexity index is 1710. The Hall–Kier alpha value is -3.12. The first-order valence-electron chi connectivity index (χ1n) is 17.6. The lowest BCUT2D eigenvalue weighted by Gasteiger charge is -2.51. The quantitative estimate of drug-likeness (QED) is 0.359. The molecule has 1 saturated carbocycles. The Morgan fingerprint density at radius 3 is 2.69 bits per heavy atom. The number of rotatable bonds is 2. The number of anilines is 1. The fourth-order valence-electron chi connectivity index (χ4n) is 8.03. The van der Waals surface area contributed by atoms with Crippen LogP contribution in [0.2, 0.25) is 5.02 Å². The third-order valence-electron chi connectivity index (χ3n) is 10.8. The molecule has 4 aliphatic heterocycles. The number of ether oxygens (including phenoxy) is 3. The number of morpholine rings is 1. The van der Waals surface area contributed by atoms with Crippen LogP contribution in [0.4, 0.5) is 10.5 Å². The predicted octanol–water partition coefficient (Wildman–Crippen LogP) is 6.40. The highest BCUT2D eigenvalue weighted by atomic mass is 35.5. The number of aryl methyl sites for hydroxylation is 1. The molecule has 3 unspecified atom stereocenters. The van der Waals surface area contributed by atoms with Crippen LogP contribution in [0.25, 0.3) is 0 Å². The molecule has 3 fully saturated rings. The van der Waals surface area contributed by atoms with Crippen molar-refractivity contribution in [2.75, 3.05) is 44.1 Å². The van der Waals surface area contributed by atoms with Gasteiger partial charge in [-0.15, -0.1) is 4.36 Å². The number of halogens is 1. The fourth-order valence-corrected chi connectivity index (χ4v) is 10.1. The molecule has 1 aliphatic carbocycles. The first kappa shape index (κ1) is 34.3. The molecule has 10 nitrogen and oxygen atoms in total. The predicted molar refractivity (Wildman–Crippen MR) is 190 cm³/mol. The summed E-state index contributed by atoms with van der Waals surface area (Å²) in [5.74, 6) is 0.698. The molecule has 2 aromatic rings. The van der Waals surface area contributed by atoms with Gasteiger partial charge in [-0.1, -0.05) is 36.7 Å². The van der Waals surface area contributed by atoms with E-state index in [2.05, 4.69) is 38.3 Å². The minimum atomic E-state index is -3.48. The molecule has 3 amide bonds. The lowest BCUT2D eigenvalue weighted by molar-refractivity contribution is -0.0985. The van der Waals surface area contributed by atoms with E-state index < -0.39 is 21.9 Å². The summed E-state index contributed by atoms with van der Waals surface area (Å²) in [6, 6.07) is 10.9. The topological polar surface area (TPSA) is 110 Å². The molecule has 4 heterocycles. The maximum atomic E-state index is 14.5. The van der Waals surface area contributed by atoms with Crippen molar-refractivity contribution < 1.29 is 28.0 Å².